The lowest BCUT2D eigenvalue weighted by atomic mass is 9.83. The maximum Gasteiger partial charge on any atom is 0.523 e. The summed E-state index contributed by atoms with van der Waals surface area (Å²) in [6, 6.07) is -0.759. The monoisotopic (exact) mass is 369 g/mol. The highest BCUT2D eigenvalue weighted by atomic mass is 19.4. The maximum atomic E-state index is 12.4. The third-order valence-electron chi connectivity index (χ3n) is 4.51. The molecule has 1 heterocycles. The van der Waals surface area contributed by atoms with Crippen molar-refractivity contribution in [3.8, 4) is 0 Å². The van der Waals surface area contributed by atoms with E-state index in [2.05, 4.69) is 20.5 Å². The summed E-state index contributed by atoms with van der Waals surface area (Å²) in [5, 5.41) is 8.47. The Morgan fingerprint density at radius 1 is 1.31 bits per heavy atom. The van der Waals surface area contributed by atoms with E-state index in [1.54, 1.807) is 18.4 Å². The molecule has 2 N–H and O–H groups in total. The SMILES string of the molecule is O=NC(=O)C1NC=C(NC2=CC(OC(F)(F)F)CC=C2)C2=C1CCCC2. The van der Waals surface area contributed by atoms with Crippen LogP contribution in [0.3, 0.4) is 0 Å². The molecule has 0 spiro atoms. The summed E-state index contributed by atoms with van der Waals surface area (Å²) >= 11 is 0. The number of hydrogen-bond donors (Lipinski definition) is 2. The van der Waals surface area contributed by atoms with Crippen LogP contribution >= 0.6 is 0 Å². The van der Waals surface area contributed by atoms with E-state index < -0.39 is 24.4 Å². The van der Waals surface area contributed by atoms with E-state index in [0.717, 1.165) is 30.4 Å². The first-order valence-corrected chi connectivity index (χ1v) is 8.33. The fraction of sp³-hybridized carbons (Fsp3) is 0.471. The van der Waals surface area contributed by atoms with E-state index in [9.17, 15) is 22.9 Å². The molecular weight excluding hydrogens is 351 g/mol. The zero-order chi connectivity index (χ0) is 18.7. The number of nitrogens with one attached hydrogen (secondary N) is 2. The molecule has 0 radical (unpaired) electrons. The van der Waals surface area contributed by atoms with Crippen LogP contribution in [0.2, 0.25) is 0 Å². The number of carbonyl (C=O) groups is 1. The van der Waals surface area contributed by atoms with Gasteiger partial charge in [-0.05, 0) is 55.4 Å². The van der Waals surface area contributed by atoms with Crippen molar-refractivity contribution in [2.24, 2.45) is 5.18 Å². The van der Waals surface area contributed by atoms with Gasteiger partial charge in [-0.1, -0.05) is 6.08 Å². The van der Waals surface area contributed by atoms with Crippen LogP contribution in [0.4, 0.5) is 13.2 Å². The molecule has 1 aliphatic heterocycles. The second-order valence-corrected chi connectivity index (χ2v) is 6.29. The van der Waals surface area contributed by atoms with E-state index in [-0.39, 0.29) is 6.42 Å². The van der Waals surface area contributed by atoms with Crippen molar-refractivity contribution in [2.75, 3.05) is 0 Å². The number of rotatable bonds is 4. The summed E-state index contributed by atoms with van der Waals surface area (Å²) in [6.07, 6.45) is 3.81. The lowest BCUT2D eigenvalue weighted by Crippen LogP contribution is -2.40. The molecule has 140 valence electrons. The molecule has 0 aromatic carbocycles. The van der Waals surface area contributed by atoms with E-state index in [0.29, 0.717) is 17.8 Å². The highest BCUT2D eigenvalue weighted by Crippen LogP contribution is 2.34. The first-order valence-electron chi connectivity index (χ1n) is 8.33. The maximum absolute atomic E-state index is 12.4. The van der Waals surface area contributed by atoms with Gasteiger partial charge in [-0.3, -0.25) is 9.53 Å². The molecule has 3 aliphatic rings. The van der Waals surface area contributed by atoms with E-state index in [4.69, 9.17) is 0 Å². The molecule has 6 nitrogen and oxygen atoms in total. The molecule has 1 amide bonds. The van der Waals surface area contributed by atoms with Crippen LogP contribution in [0, 0.1) is 4.91 Å². The summed E-state index contributed by atoms with van der Waals surface area (Å²) in [6.45, 7) is 0. The minimum absolute atomic E-state index is 0.136. The normalized spacial score (nSPS) is 25.7. The number of hydrogen-bond acceptors (Lipinski definition) is 5. The van der Waals surface area contributed by atoms with Crippen LogP contribution < -0.4 is 10.6 Å². The van der Waals surface area contributed by atoms with Gasteiger partial charge in [0.2, 0.25) is 0 Å². The van der Waals surface area contributed by atoms with E-state index in [1.807, 2.05) is 0 Å². The van der Waals surface area contributed by atoms with Crippen molar-refractivity contribution in [1.29, 1.82) is 0 Å². The summed E-state index contributed by atoms with van der Waals surface area (Å²) in [5.41, 5.74) is 2.88. The Kier molecular flexibility index (Phi) is 5.26. The van der Waals surface area contributed by atoms with Gasteiger partial charge in [0.05, 0.1) is 11.8 Å². The number of nitrogens with zero attached hydrogens (tertiary/aromatic N) is 1. The molecule has 0 bridgehead atoms. The molecular formula is C17H18F3N3O3. The number of amides is 1. The lowest BCUT2D eigenvalue weighted by Gasteiger charge is -2.32. The van der Waals surface area contributed by atoms with Gasteiger partial charge in [0.1, 0.15) is 6.04 Å². The fourth-order valence-electron chi connectivity index (χ4n) is 3.44. The number of dihydropyridines is 1. The number of ether oxygens (including phenoxy) is 1. The van der Waals surface area contributed by atoms with Crippen molar-refractivity contribution >= 4 is 5.91 Å². The largest absolute Gasteiger partial charge is 0.523 e. The van der Waals surface area contributed by atoms with Crippen LogP contribution in [0.1, 0.15) is 32.1 Å². The number of carbonyl (C=O) groups excluding carboxylic acids is 1. The van der Waals surface area contributed by atoms with Gasteiger partial charge in [0, 0.05) is 17.1 Å². The third-order valence-corrected chi connectivity index (χ3v) is 4.51. The Labute approximate surface area is 147 Å². The Bertz CT molecular complexity index is 723. The topological polar surface area (TPSA) is 79.8 Å². The number of nitroso groups, excluding NO2 is 1. The highest BCUT2D eigenvalue weighted by molar-refractivity contribution is 5.86. The Morgan fingerprint density at radius 2 is 2.08 bits per heavy atom. The fourth-order valence-corrected chi connectivity index (χ4v) is 3.44. The van der Waals surface area contributed by atoms with Crippen molar-refractivity contribution in [3.05, 3.63) is 51.9 Å². The van der Waals surface area contributed by atoms with Gasteiger partial charge < -0.3 is 10.6 Å². The number of halogens is 3. The van der Waals surface area contributed by atoms with Gasteiger partial charge in [-0.2, -0.15) is 0 Å². The predicted molar refractivity (Wildman–Crippen MR) is 87.2 cm³/mol. The molecule has 0 fully saturated rings. The zero-order valence-corrected chi connectivity index (χ0v) is 13.8. The number of alkyl halides is 3. The molecule has 2 aliphatic carbocycles. The van der Waals surface area contributed by atoms with E-state index in [1.165, 1.54) is 6.08 Å². The van der Waals surface area contributed by atoms with Crippen LogP contribution in [-0.4, -0.2) is 24.4 Å². The molecule has 9 heteroatoms. The van der Waals surface area contributed by atoms with Gasteiger partial charge in [-0.25, -0.2) is 0 Å². The van der Waals surface area contributed by atoms with Gasteiger partial charge in [0.25, 0.3) is 0 Å². The van der Waals surface area contributed by atoms with Crippen molar-refractivity contribution < 1.29 is 22.7 Å². The first kappa shape index (κ1) is 18.4. The molecule has 3 rings (SSSR count). The smallest absolute Gasteiger partial charge is 0.374 e. The number of allylic oxidation sites excluding steroid dienone is 2. The molecule has 0 aromatic rings. The Balaban J connectivity index is 1.78. The minimum Gasteiger partial charge on any atom is -0.374 e. The summed E-state index contributed by atoms with van der Waals surface area (Å²) in [4.78, 5) is 22.3. The average Bonchev–Trinajstić information content (AvgIpc) is 2.60. The van der Waals surface area contributed by atoms with Gasteiger partial charge in [0.15, 0.2) is 0 Å². The van der Waals surface area contributed by atoms with E-state index >= 15 is 0 Å². The van der Waals surface area contributed by atoms with Crippen LogP contribution in [-0.2, 0) is 9.53 Å². The Hall–Kier alpha value is -2.42. The van der Waals surface area contributed by atoms with Crippen LogP contribution in [0.25, 0.3) is 0 Å². The average molecular weight is 369 g/mol. The lowest BCUT2D eigenvalue weighted by molar-refractivity contribution is -0.336. The van der Waals surface area contributed by atoms with Gasteiger partial charge >= 0.3 is 12.3 Å². The highest BCUT2D eigenvalue weighted by Gasteiger charge is 2.34. The molecule has 2 atom stereocenters. The second kappa shape index (κ2) is 7.45. The third kappa shape index (κ3) is 4.21. The second-order valence-electron chi connectivity index (χ2n) is 6.29. The summed E-state index contributed by atoms with van der Waals surface area (Å²) in [5.74, 6) is -0.773. The molecule has 0 aromatic heterocycles. The summed E-state index contributed by atoms with van der Waals surface area (Å²) in [7, 11) is 0. The molecule has 0 saturated heterocycles. The Morgan fingerprint density at radius 3 is 2.81 bits per heavy atom. The van der Waals surface area contributed by atoms with Gasteiger partial charge in [-0.15, -0.1) is 18.1 Å². The van der Waals surface area contributed by atoms with Crippen LogP contribution in [0.15, 0.2) is 52.1 Å². The first-order chi connectivity index (χ1) is 12.4. The van der Waals surface area contributed by atoms with Crippen LogP contribution in [0.5, 0.6) is 0 Å². The molecule has 26 heavy (non-hydrogen) atoms. The van der Waals surface area contributed by atoms with Crippen molar-refractivity contribution in [2.45, 2.75) is 50.6 Å². The summed E-state index contributed by atoms with van der Waals surface area (Å²) < 4.78 is 41.3. The van der Waals surface area contributed by atoms with Crippen molar-refractivity contribution in [1.82, 2.24) is 10.6 Å². The molecule has 0 saturated carbocycles. The standard InChI is InChI=1S/C17H18F3N3O3/c18-17(19,20)26-11-5-3-4-10(8-11)22-14-9-21-15(16(24)23-25)13-7-2-1-6-12(13)14/h3-4,8-9,11,15,21-22H,1-2,5-7H2. The quantitative estimate of drug-likeness (QED) is 0.744. The van der Waals surface area contributed by atoms with Crippen molar-refractivity contribution in [3.63, 3.8) is 0 Å². The predicted octanol–water partition coefficient (Wildman–Crippen LogP) is 3.30. The molecule has 2 unspecified atom stereocenters. The zero-order valence-electron chi connectivity index (χ0n) is 13.8. The minimum atomic E-state index is -4.70.